The maximum absolute atomic E-state index is 12.6. The minimum absolute atomic E-state index is 0.0512. The number of carbonyl (C=O) groups is 5. The summed E-state index contributed by atoms with van der Waals surface area (Å²) in [5.74, 6) is -4.73. The molecule has 32 heavy (non-hydrogen) atoms. The van der Waals surface area contributed by atoms with Gasteiger partial charge in [-0.2, -0.15) is 0 Å². The van der Waals surface area contributed by atoms with E-state index in [0.717, 1.165) is 9.80 Å². The molecule has 0 spiro atoms. The number of carboxylic acids is 2. The number of hydrogen-bond donors (Lipinski definition) is 6. The highest BCUT2D eigenvalue weighted by Crippen LogP contribution is 2.15. The number of carbonyl (C=O) groups excluding carboxylic acids is 3. The van der Waals surface area contributed by atoms with Crippen molar-refractivity contribution in [2.45, 2.75) is 18.9 Å². The van der Waals surface area contributed by atoms with Gasteiger partial charge in [0.1, 0.15) is 12.6 Å². The second-order valence-corrected chi connectivity index (χ2v) is 7.05. The molecule has 0 radical (unpaired) electrons. The molecule has 1 atom stereocenters. The lowest BCUT2D eigenvalue weighted by Gasteiger charge is -2.39. The van der Waals surface area contributed by atoms with E-state index in [4.69, 9.17) is 21.4 Å². The van der Waals surface area contributed by atoms with Gasteiger partial charge in [0, 0.05) is 18.8 Å². The van der Waals surface area contributed by atoms with Gasteiger partial charge in [0.2, 0.25) is 17.7 Å². The summed E-state index contributed by atoms with van der Waals surface area (Å²) in [7, 11) is 0. The quantitative estimate of drug-likeness (QED) is 0.187. The van der Waals surface area contributed by atoms with Crippen LogP contribution in [0.5, 0.6) is 0 Å². The lowest BCUT2D eigenvalue weighted by Crippen LogP contribution is -2.61. The van der Waals surface area contributed by atoms with E-state index in [-0.39, 0.29) is 25.5 Å². The van der Waals surface area contributed by atoms with Crippen LogP contribution in [0.15, 0.2) is 24.3 Å². The number of carboxylic acid groups (broad SMARTS) is 2. The van der Waals surface area contributed by atoms with Crippen molar-refractivity contribution in [2.75, 3.05) is 31.5 Å². The maximum atomic E-state index is 12.6. The Kier molecular flexibility index (Phi) is 8.10. The molecule has 0 aromatic heterocycles. The summed E-state index contributed by atoms with van der Waals surface area (Å²) in [5.41, 5.74) is 6.39. The number of nitrogens with two attached hydrogens (primary N) is 1. The highest BCUT2D eigenvalue weighted by Gasteiger charge is 2.39. The Bertz CT molecular complexity index is 934. The van der Waals surface area contributed by atoms with Crippen molar-refractivity contribution in [3.8, 4) is 0 Å². The molecular weight excluding hydrogens is 424 g/mol. The number of nitrogens with zero attached hydrogens (tertiary/aromatic N) is 2. The molecule has 1 heterocycles. The molecule has 3 amide bonds. The SMILES string of the molecule is N=C(N)Nc1cccc(CC(=O)NCC(=O)N2CCN(CC(=O)O)C(=O)[C@@H]2CC(=O)O)c1. The van der Waals surface area contributed by atoms with E-state index in [9.17, 15) is 24.0 Å². The molecule has 0 bridgehead atoms. The molecule has 7 N–H and O–H groups in total. The second kappa shape index (κ2) is 10.7. The number of nitrogens with one attached hydrogen (secondary N) is 3. The Morgan fingerprint density at radius 3 is 2.50 bits per heavy atom. The van der Waals surface area contributed by atoms with Gasteiger partial charge < -0.3 is 36.4 Å². The molecule has 0 aliphatic carbocycles. The first-order valence-electron chi connectivity index (χ1n) is 9.55. The van der Waals surface area contributed by atoms with Crippen LogP contribution >= 0.6 is 0 Å². The van der Waals surface area contributed by atoms with Crippen LogP contribution in [-0.4, -0.2) is 87.9 Å². The van der Waals surface area contributed by atoms with Gasteiger partial charge >= 0.3 is 11.9 Å². The fourth-order valence-electron chi connectivity index (χ4n) is 3.26. The van der Waals surface area contributed by atoms with Gasteiger partial charge in [-0.1, -0.05) is 12.1 Å². The van der Waals surface area contributed by atoms with E-state index in [1.165, 1.54) is 0 Å². The molecule has 2 rings (SSSR count). The molecular formula is C19H24N6O7. The van der Waals surface area contributed by atoms with Crippen molar-refractivity contribution in [1.82, 2.24) is 15.1 Å². The number of benzene rings is 1. The summed E-state index contributed by atoms with van der Waals surface area (Å²) in [5, 5.41) is 30.2. The van der Waals surface area contributed by atoms with Gasteiger partial charge in [0.25, 0.3) is 0 Å². The van der Waals surface area contributed by atoms with Crippen LogP contribution in [0.2, 0.25) is 0 Å². The molecule has 1 aromatic carbocycles. The van der Waals surface area contributed by atoms with Crippen molar-refractivity contribution in [1.29, 1.82) is 5.41 Å². The van der Waals surface area contributed by atoms with Crippen molar-refractivity contribution in [3.05, 3.63) is 29.8 Å². The van der Waals surface area contributed by atoms with E-state index < -0.39 is 55.2 Å². The van der Waals surface area contributed by atoms with Crippen molar-refractivity contribution in [2.24, 2.45) is 5.73 Å². The largest absolute Gasteiger partial charge is 0.481 e. The first-order chi connectivity index (χ1) is 15.1. The molecule has 1 aromatic rings. The zero-order chi connectivity index (χ0) is 23.8. The van der Waals surface area contributed by atoms with E-state index in [0.29, 0.717) is 11.3 Å². The molecule has 172 valence electrons. The summed E-state index contributed by atoms with van der Waals surface area (Å²) in [6, 6.07) is 5.27. The number of amides is 3. The molecule has 0 unspecified atom stereocenters. The average molecular weight is 448 g/mol. The normalized spacial score (nSPS) is 15.8. The number of aliphatic carboxylic acids is 2. The van der Waals surface area contributed by atoms with E-state index >= 15 is 0 Å². The molecule has 13 heteroatoms. The van der Waals surface area contributed by atoms with Crippen molar-refractivity contribution in [3.63, 3.8) is 0 Å². The van der Waals surface area contributed by atoms with Gasteiger partial charge in [-0.25, -0.2) is 0 Å². The Morgan fingerprint density at radius 1 is 1.16 bits per heavy atom. The highest BCUT2D eigenvalue weighted by atomic mass is 16.4. The molecule has 13 nitrogen and oxygen atoms in total. The number of piperazine rings is 1. The summed E-state index contributed by atoms with van der Waals surface area (Å²) < 4.78 is 0. The lowest BCUT2D eigenvalue weighted by atomic mass is 10.1. The zero-order valence-corrected chi connectivity index (χ0v) is 17.0. The molecule has 1 fully saturated rings. The minimum Gasteiger partial charge on any atom is -0.481 e. The van der Waals surface area contributed by atoms with Crippen LogP contribution in [0.1, 0.15) is 12.0 Å². The Labute approximate surface area is 182 Å². The highest BCUT2D eigenvalue weighted by molar-refractivity contribution is 5.94. The van der Waals surface area contributed by atoms with Crippen LogP contribution in [0.3, 0.4) is 0 Å². The second-order valence-electron chi connectivity index (χ2n) is 7.05. The third-order valence-corrected chi connectivity index (χ3v) is 4.61. The summed E-state index contributed by atoms with van der Waals surface area (Å²) in [6.07, 6.45) is -0.741. The minimum atomic E-state index is -1.35. The van der Waals surface area contributed by atoms with Crippen molar-refractivity contribution < 1.29 is 34.2 Å². The van der Waals surface area contributed by atoms with Gasteiger partial charge in [-0.05, 0) is 17.7 Å². The smallest absolute Gasteiger partial charge is 0.323 e. The Hall–Kier alpha value is -4.16. The fourth-order valence-corrected chi connectivity index (χ4v) is 3.26. The van der Waals surface area contributed by atoms with Crippen LogP contribution in [0.4, 0.5) is 5.69 Å². The maximum Gasteiger partial charge on any atom is 0.323 e. The Balaban J connectivity index is 1.97. The van der Waals surface area contributed by atoms with Gasteiger partial charge in [0.15, 0.2) is 5.96 Å². The first-order valence-corrected chi connectivity index (χ1v) is 9.55. The number of anilines is 1. The van der Waals surface area contributed by atoms with Crippen LogP contribution in [0, 0.1) is 5.41 Å². The number of hydrogen-bond acceptors (Lipinski definition) is 6. The van der Waals surface area contributed by atoms with Crippen LogP contribution < -0.4 is 16.4 Å². The van der Waals surface area contributed by atoms with E-state index in [1.54, 1.807) is 24.3 Å². The predicted molar refractivity (Wildman–Crippen MR) is 111 cm³/mol. The Morgan fingerprint density at radius 2 is 1.88 bits per heavy atom. The van der Waals surface area contributed by atoms with Gasteiger partial charge in [-0.15, -0.1) is 0 Å². The zero-order valence-electron chi connectivity index (χ0n) is 17.0. The summed E-state index contributed by atoms with van der Waals surface area (Å²) >= 11 is 0. The third kappa shape index (κ3) is 6.97. The standard InChI is InChI=1S/C19H24N6O7/c20-19(21)23-12-3-1-2-11(6-12)7-14(26)22-9-15(27)25-5-4-24(10-17(30)31)18(32)13(25)8-16(28)29/h1-3,6,13H,4-5,7-10H2,(H,22,26)(H,28,29)(H,30,31)(H4,20,21,23)/t13-/m0/s1. The van der Waals surface area contributed by atoms with E-state index in [2.05, 4.69) is 10.6 Å². The van der Waals surface area contributed by atoms with Gasteiger partial charge in [-0.3, -0.25) is 29.4 Å². The number of rotatable bonds is 9. The fraction of sp³-hybridized carbons (Fsp3) is 0.368. The average Bonchev–Trinajstić information content (AvgIpc) is 2.68. The topological polar surface area (TPSA) is 206 Å². The molecule has 0 saturated carbocycles. The number of guanidine groups is 1. The third-order valence-electron chi connectivity index (χ3n) is 4.61. The van der Waals surface area contributed by atoms with Crippen LogP contribution in [0.25, 0.3) is 0 Å². The monoisotopic (exact) mass is 448 g/mol. The predicted octanol–water partition coefficient (Wildman–Crippen LogP) is -1.75. The van der Waals surface area contributed by atoms with Crippen molar-refractivity contribution >= 4 is 41.3 Å². The lowest BCUT2D eigenvalue weighted by molar-refractivity contribution is -0.158. The van der Waals surface area contributed by atoms with Crippen LogP contribution in [-0.2, 0) is 30.4 Å². The summed E-state index contributed by atoms with van der Waals surface area (Å²) in [4.78, 5) is 61.4. The van der Waals surface area contributed by atoms with Gasteiger partial charge in [0.05, 0.1) is 19.4 Å². The summed E-state index contributed by atoms with van der Waals surface area (Å²) in [6.45, 7) is -1.15. The molecule has 1 aliphatic heterocycles. The van der Waals surface area contributed by atoms with E-state index in [1.807, 2.05) is 0 Å². The molecule has 1 aliphatic rings. The molecule has 1 saturated heterocycles. The first kappa shape index (κ1) is 24.1.